The monoisotopic (exact) mass is 567 g/mol. The van der Waals surface area contributed by atoms with E-state index in [1.807, 2.05) is 6.07 Å². The van der Waals surface area contributed by atoms with Crippen LogP contribution in [0.2, 0.25) is 0 Å². The Hall–Kier alpha value is -5.45. The summed E-state index contributed by atoms with van der Waals surface area (Å²) in [5.41, 5.74) is 2.50. The van der Waals surface area contributed by atoms with Crippen LogP contribution in [0.25, 0.3) is 10.9 Å². The van der Waals surface area contributed by atoms with Crippen molar-refractivity contribution in [3.05, 3.63) is 95.7 Å². The van der Waals surface area contributed by atoms with E-state index >= 15 is 0 Å². The summed E-state index contributed by atoms with van der Waals surface area (Å²) in [4.78, 5) is 69.7. The summed E-state index contributed by atoms with van der Waals surface area (Å²) in [5.74, 6) is -1.88. The fourth-order valence-electron chi connectivity index (χ4n) is 4.77. The first-order valence-electron chi connectivity index (χ1n) is 13.5. The van der Waals surface area contributed by atoms with Gasteiger partial charge in [0.2, 0.25) is 0 Å². The lowest BCUT2D eigenvalue weighted by atomic mass is 10.1. The Labute approximate surface area is 241 Å². The lowest BCUT2D eigenvalue weighted by Crippen LogP contribution is -2.52. The SMILES string of the molecule is CCOC(=O)c1ccc(NC(=O)Nc2cccc3c(C(=O)C(=O)N4CCN(C(=O)c5ccccc5)CC4)c[nH]c23)cc1. The normalized spacial score (nSPS) is 13.0. The maximum atomic E-state index is 13.2. The topological polar surface area (TPSA) is 141 Å². The minimum Gasteiger partial charge on any atom is -0.462 e. The van der Waals surface area contributed by atoms with Gasteiger partial charge in [0.25, 0.3) is 17.6 Å². The van der Waals surface area contributed by atoms with Gasteiger partial charge in [0.15, 0.2) is 0 Å². The van der Waals surface area contributed by atoms with Gasteiger partial charge in [-0.25, -0.2) is 9.59 Å². The van der Waals surface area contributed by atoms with Crippen LogP contribution in [0.15, 0.2) is 79.0 Å². The number of anilines is 2. The van der Waals surface area contributed by atoms with Crippen LogP contribution in [-0.4, -0.2) is 77.2 Å². The highest BCUT2D eigenvalue weighted by Crippen LogP contribution is 2.27. The molecule has 4 aromatic rings. The van der Waals surface area contributed by atoms with Crippen LogP contribution in [0.5, 0.6) is 0 Å². The summed E-state index contributed by atoms with van der Waals surface area (Å²) in [7, 11) is 0. The minimum absolute atomic E-state index is 0.108. The summed E-state index contributed by atoms with van der Waals surface area (Å²) in [5, 5.41) is 5.93. The van der Waals surface area contributed by atoms with E-state index in [1.54, 1.807) is 78.6 Å². The summed E-state index contributed by atoms with van der Waals surface area (Å²) in [6, 6.07) is 19.7. The van der Waals surface area contributed by atoms with Crippen molar-refractivity contribution in [1.82, 2.24) is 14.8 Å². The van der Waals surface area contributed by atoms with Gasteiger partial charge in [-0.05, 0) is 49.4 Å². The molecule has 0 bridgehead atoms. The van der Waals surface area contributed by atoms with Gasteiger partial charge in [-0.1, -0.05) is 30.3 Å². The minimum atomic E-state index is -0.674. The van der Waals surface area contributed by atoms with Gasteiger partial charge in [0, 0.05) is 49.0 Å². The first-order chi connectivity index (χ1) is 20.4. The lowest BCUT2D eigenvalue weighted by Gasteiger charge is -2.34. The third-order valence-corrected chi connectivity index (χ3v) is 6.93. The van der Waals surface area contributed by atoms with Crippen molar-refractivity contribution in [3.8, 4) is 0 Å². The van der Waals surface area contributed by atoms with Crippen molar-refractivity contribution < 1.29 is 28.7 Å². The predicted molar refractivity (Wildman–Crippen MR) is 157 cm³/mol. The van der Waals surface area contributed by atoms with Crippen molar-refractivity contribution in [2.75, 3.05) is 43.4 Å². The first kappa shape index (κ1) is 28.1. The molecule has 11 nitrogen and oxygen atoms in total. The van der Waals surface area contributed by atoms with Crippen molar-refractivity contribution in [1.29, 1.82) is 0 Å². The molecular weight excluding hydrogens is 538 g/mol. The van der Waals surface area contributed by atoms with Crippen LogP contribution < -0.4 is 10.6 Å². The summed E-state index contributed by atoms with van der Waals surface area (Å²) < 4.78 is 4.96. The molecular formula is C31H29N5O6. The van der Waals surface area contributed by atoms with E-state index < -0.39 is 23.7 Å². The maximum Gasteiger partial charge on any atom is 0.338 e. The fraction of sp³-hybridized carbons (Fsp3) is 0.194. The highest BCUT2D eigenvalue weighted by Gasteiger charge is 2.30. The third kappa shape index (κ3) is 5.99. The summed E-state index contributed by atoms with van der Waals surface area (Å²) in [6.45, 7) is 3.14. The number of carbonyl (C=O) groups is 5. The number of ketones is 1. The number of para-hydroxylation sites is 1. The molecule has 3 aromatic carbocycles. The molecule has 0 unspecified atom stereocenters. The number of benzene rings is 3. The second-order valence-corrected chi connectivity index (χ2v) is 9.59. The quantitative estimate of drug-likeness (QED) is 0.174. The molecule has 1 aliphatic heterocycles. The summed E-state index contributed by atoms with van der Waals surface area (Å²) >= 11 is 0. The Balaban J connectivity index is 1.21. The lowest BCUT2D eigenvalue weighted by molar-refractivity contribution is -0.127. The number of carbonyl (C=O) groups excluding carboxylic acids is 5. The number of ether oxygens (including phenoxy) is 1. The van der Waals surface area contributed by atoms with Crippen LogP contribution in [0.3, 0.4) is 0 Å². The van der Waals surface area contributed by atoms with Crippen LogP contribution in [0, 0.1) is 0 Å². The zero-order valence-corrected chi connectivity index (χ0v) is 22.9. The number of hydrogen-bond acceptors (Lipinski definition) is 6. The fourth-order valence-corrected chi connectivity index (χ4v) is 4.77. The van der Waals surface area contributed by atoms with Crippen LogP contribution in [-0.2, 0) is 9.53 Å². The van der Waals surface area contributed by atoms with Gasteiger partial charge in [0.1, 0.15) is 0 Å². The number of H-pyrrole nitrogens is 1. The average Bonchev–Trinajstić information content (AvgIpc) is 3.46. The number of nitrogens with one attached hydrogen (secondary N) is 3. The molecule has 0 radical (unpaired) electrons. The molecule has 0 atom stereocenters. The van der Waals surface area contributed by atoms with Gasteiger partial charge in [-0.15, -0.1) is 0 Å². The van der Waals surface area contributed by atoms with Gasteiger partial charge < -0.3 is 30.2 Å². The van der Waals surface area contributed by atoms with Crippen LogP contribution >= 0.6 is 0 Å². The second-order valence-electron chi connectivity index (χ2n) is 9.59. The molecule has 1 fully saturated rings. The van der Waals surface area contributed by atoms with E-state index in [0.29, 0.717) is 46.5 Å². The number of aromatic nitrogens is 1. The molecule has 2 heterocycles. The van der Waals surface area contributed by atoms with Gasteiger partial charge in [0.05, 0.1) is 28.9 Å². The number of nitrogens with zero attached hydrogens (tertiary/aromatic N) is 2. The van der Waals surface area contributed by atoms with E-state index in [1.165, 1.54) is 11.1 Å². The number of hydrogen-bond donors (Lipinski definition) is 3. The molecule has 5 rings (SSSR count). The van der Waals surface area contributed by atoms with E-state index in [9.17, 15) is 24.0 Å². The highest BCUT2D eigenvalue weighted by molar-refractivity contribution is 6.45. The number of fused-ring (bicyclic) bond motifs is 1. The molecule has 11 heteroatoms. The van der Waals surface area contributed by atoms with E-state index in [0.717, 1.165) is 0 Å². The number of rotatable bonds is 7. The van der Waals surface area contributed by atoms with Crippen LogP contribution in [0.1, 0.15) is 38.0 Å². The third-order valence-electron chi connectivity index (χ3n) is 6.93. The van der Waals surface area contributed by atoms with E-state index in [4.69, 9.17) is 4.74 Å². The Morgan fingerprint density at radius 1 is 0.786 bits per heavy atom. The molecule has 42 heavy (non-hydrogen) atoms. The molecule has 0 aliphatic carbocycles. The number of amides is 4. The Kier molecular flexibility index (Phi) is 8.28. The van der Waals surface area contributed by atoms with Gasteiger partial charge in [-0.2, -0.15) is 0 Å². The average molecular weight is 568 g/mol. The Morgan fingerprint density at radius 2 is 1.48 bits per heavy atom. The second kappa shape index (κ2) is 12.4. The maximum absolute atomic E-state index is 13.2. The van der Waals surface area contributed by atoms with Crippen molar-refractivity contribution >= 4 is 51.9 Å². The number of aromatic amines is 1. The molecule has 0 spiro atoms. The molecule has 4 amide bonds. The van der Waals surface area contributed by atoms with Crippen molar-refractivity contribution in [2.45, 2.75) is 6.92 Å². The number of Topliss-reactive ketones (excluding diaryl/α,β-unsaturated/α-hetero) is 1. The van der Waals surface area contributed by atoms with E-state index in [2.05, 4.69) is 15.6 Å². The first-order valence-corrected chi connectivity index (χ1v) is 13.5. The largest absolute Gasteiger partial charge is 0.462 e. The van der Waals surface area contributed by atoms with Crippen molar-refractivity contribution in [2.24, 2.45) is 0 Å². The van der Waals surface area contributed by atoms with Gasteiger partial charge in [-0.3, -0.25) is 14.4 Å². The predicted octanol–water partition coefficient (Wildman–Crippen LogP) is 4.16. The summed E-state index contributed by atoms with van der Waals surface area (Å²) in [6.07, 6.45) is 1.46. The van der Waals surface area contributed by atoms with Gasteiger partial charge >= 0.3 is 12.0 Å². The molecule has 1 saturated heterocycles. The highest BCUT2D eigenvalue weighted by atomic mass is 16.5. The standard InChI is InChI=1S/C31H29N5O6/c1-2-42-30(40)21-11-13-22(14-12-21)33-31(41)34-25-10-6-9-23-24(19-32-26(23)25)27(37)29(39)36-17-15-35(16-18-36)28(38)20-7-4-3-5-8-20/h3-14,19,32H,2,15-18H2,1H3,(H2,33,34,41). The molecule has 1 aromatic heterocycles. The zero-order valence-electron chi connectivity index (χ0n) is 22.9. The molecule has 3 N–H and O–H groups in total. The Morgan fingerprint density at radius 3 is 2.17 bits per heavy atom. The number of urea groups is 1. The number of esters is 1. The molecule has 1 aliphatic rings. The molecule has 0 saturated carbocycles. The zero-order chi connectivity index (χ0) is 29.6. The van der Waals surface area contributed by atoms with Crippen LogP contribution in [0.4, 0.5) is 16.2 Å². The van der Waals surface area contributed by atoms with E-state index in [-0.39, 0.29) is 31.2 Å². The Bertz CT molecular complexity index is 1640. The molecule has 214 valence electrons. The smallest absolute Gasteiger partial charge is 0.338 e. The number of piperazine rings is 1. The van der Waals surface area contributed by atoms with Crippen molar-refractivity contribution in [3.63, 3.8) is 0 Å².